The van der Waals surface area contributed by atoms with Crippen molar-refractivity contribution >= 4 is 34.8 Å². The Morgan fingerprint density at radius 2 is 1.91 bits per heavy atom. The van der Waals surface area contributed by atoms with E-state index in [4.69, 9.17) is 16.6 Å². The molecule has 0 spiro atoms. The molecule has 3 N–H and O–H groups in total. The maximum atomic E-state index is 12.1. The van der Waals surface area contributed by atoms with E-state index in [2.05, 4.69) is 16.0 Å². The molecular formula is C16H17N3O3S. The summed E-state index contributed by atoms with van der Waals surface area (Å²) in [5.41, 5.74) is 0.974. The molecule has 0 bridgehead atoms. The molecule has 1 heterocycles. The van der Waals surface area contributed by atoms with Crippen LogP contribution in [0.5, 0.6) is 0 Å². The highest BCUT2D eigenvalue weighted by molar-refractivity contribution is 7.80. The van der Waals surface area contributed by atoms with Crippen molar-refractivity contribution in [3.05, 3.63) is 54.0 Å². The van der Waals surface area contributed by atoms with E-state index in [-0.39, 0.29) is 16.8 Å². The Balaban J connectivity index is 2.03. The van der Waals surface area contributed by atoms with Crippen LogP contribution in [0.25, 0.3) is 0 Å². The van der Waals surface area contributed by atoms with Gasteiger partial charge in [0.2, 0.25) is 0 Å². The van der Waals surface area contributed by atoms with Crippen molar-refractivity contribution in [2.75, 3.05) is 11.9 Å². The van der Waals surface area contributed by atoms with E-state index in [1.165, 1.54) is 12.3 Å². The van der Waals surface area contributed by atoms with Crippen LogP contribution >= 0.6 is 12.2 Å². The van der Waals surface area contributed by atoms with E-state index in [1.54, 1.807) is 30.3 Å². The topological polar surface area (TPSA) is 83.4 Å². The molecule has 23 heavy (non-hydrogen) atoms. The van der Waals surface area contributed by atoms with Gasteiger partial charge in [0, 0.05) is 6.54 Å². The normalized spacial score (nSPS) is 9.96. The van der Waals surface area contributed by atoms with Gasteiger partial charge < -0.3 is 15.1 Å². The van der Waals surface area contributed by atoms with E-state index in [1.807, 2.05) is 6.92 Å². The minimum Gasteiger partial charge on any atom is -0.459 e. The van der Waals surface area contributed by atoms with Crippen molar-refractivity contribution in [1.82, 2.24) is 10.6 Å². The van der Waals surface area contributed by atoms with E-state index in [0.29, 0.717) is 17.8 Å². The maximum absolute atomic E-state index is 12.1. The predicted molar refractivity (Wildman–Crippen MR) is 91.5 cm³/mol. The fourth-order valence-electron chi connectivity index (χ4n) is 1.85. The number of thiocarbonyl (C=S) groups is 1. The first-order chi connectivity index (χ1) is 11.1. The third-order valence-corrected chi connectivity index (χ3v) is 3.13. The van der Waals surface area contributed by atoms with E-state index in [0.717, 1.165) is 6.42 Å². The van der Waals surface area contributed by atoms with Crippen molar-refractivity contribution in [1.29, 1.82) is 0 Å². The molecule has 0 aliphatic carbocycles. The molecule has 7 heteroatoms. The van der Waals surface area contributed by atoms with Crippen LogP contribution in [-0.2, 0) is 0 Å². The zero-order valence-electron chi connectivity index (χ0n) is 12.6. The zero-order chi connectivity index (χ0) is 16.7. The molecule has 0 aliphatic heterocycles. The predicted octanol–water partition coefficient (Wildman–Crippen LogP) is 2.55. The average Bonchev–Trinajstić information content (AvgIpc) is 3.07. The lowest BCUT2D eigenvalue weighted by Crippen LogP contribution is -2.34. The molecule has 0 atom stereocenters. The number of rotatable bonds is 5. The molecule has 6 nitrogen and oxygen atoms in total. The first-order valence-corrected chi connectivity index (χ1v) is 7.55. The molecule has 0 saturated heterocycles. The van der Waals surface area contributed by atoms with E-state index < -0.39 is 5.91 Å². The monoisotopic (exact) mass is 331 g/mol. The van der Waals surface area contributed by atoms with Crippen LogP contribution in [0.15, 0.2) is 47.1 Å². The summed E-state index contributed by atoms with van der Waals surface area (Å²) in [5.74, 6) is -0.501. The Bertz CT molecular complexity index is 698. The molecule has 0 unspecified atom stereocenters. The van der Waals surface area contributed by atoms with Crippen LogP contribution in [0.3, 0.4) is 0 Å². The van der Waals surface area contributed by atoms with Gasteiger partial charge in [0.1, 0.15) is 0 Å². The Labute approximate surface area is 139 Å². The molecule has 2 rings (SSSR count). The van der Waals surface area contributed by atoms with Gasteiger partial charge in [0.05, 0.1) is 17.5 Å². The van der Waals surface area contributed by atoms with Crippen LogP contribution in [0, 0.1) is 0 Å². The Hall–Kier alpha value is -2.67. The fraction of sp³-hybridized carbons (Fsp3) is 0.188. The van der Waals surface area contributed by atoms with Crippen molar-refractivity contribution in [3.63, 3.8) is 0 Å². The van der Waals surface area contributed by atoms with Crippen LogP contribution in [0.1, 0.15) is 34.3 Å². The SMILES string of the molecule is CCCNC(=O)c1ccccc1NC(=S)NC(=O)c1ccco1. The Morgan fingerprint density at radius 3 is 2.61 bits per heavy atom. The van der Waals surface area contributed by atoms with E-state index >= 15 is 0 Å². The molecule has 0 aliphatic rings. The summed E-state index contributed by atoms with van der Waals surface area (Å²) in [6.45, 7) is 2.57. The van der Waals surface area contributed by atoms with Crippen LogP contribution in [0.4, 0.5) is 5.69 Å². The lowest BCUT2D eigenvalue weighted by atomic mass is 10.1. The summed E-state index contributed by atoms with van der Waals surface area (Å²) in [5, 5.41) is 8.24. The van der Waals surface area contributed by atoms with Gasteiger partial charge in [-0.15, -0.1) is 0 Å². The summed E-state index contributed by atoms with van der Waals surface area (Å²) in [7, 11) is 0. The van der Waals surface area contributed by atoms with Gasteiger partial charge in [0.25, 0.3) is 11.8 Å². The van der Waals surface area contributed by atoms with Crippen LogP contribution in [-0.4, -0.2) is 23.5 Å². The summed E-state index contributed by atoms with van der Waals surface area (Å²) in [4.78, 5) is 24.0. The maximum Gasteiger partial charge on any atom is 0.293 e. The van der Waals surface area contributed by atoms with Gasteiger partial charge >= 0.3 is 0 Å². The zero-order valence-corrected chi connectivity index (χ0v) is 13.4. The number of para-hydroxylation sites is 1. The minimum absolute atomic E-state index is 0.0853. The van der Waals surface area contributed by atoms with Crippen molar-refractivity contribution < 1.29 is 14.0 Å². The lowest BCUT2D eigenvalue weighted by Gasteiger charge is -2.13. The highest BCUT2D eigenvalue weighted by atomic mass is 32.1. The van der Waals surface area contributed by atoms with Gasteiger partial charge in [-0.25, -0.2) is 0 Å². The molecule has 0 radical (unpaired) electrons. The molecule has 2 aromatic rings. The van der Waals surface area contributed by atoms with E-state index in [9.17, 15) is 9.59 Å². The van der Waals surface area contributed by atoms with Gasteiger partial charge in [-0.05, 0) is 42.9 Å². The number of hydrogen-bond donors (Lipinski definition) is 3. The molecular weight excluding hydrogens is 314 g/mol. The number of carbonyl (C=O) groups excluding carboxylic acids is 2. The summed E-state index contributed by atoms with van der Waals surface area (Å²) in [6, 6.07) is 10.1. The van der Waals surface area contributed by atoms with Crippen molar-refractivity contribution in [3.8, 4) is 0 Å². The second-order valence-corrected chi connectivity index (χ2v) is 5.10. The highest BCUT2D eigenvalue weighted by Gasteiger charge is 2.14. The summed E-state index contributed by atoms with van der Waals surface area (Å²) < 4.78 is 4.99. The molecule has 1 aromatic carbocycles. The smallest absolute Gasteiger partial charge is 0.293 e. The minimum atomic E-state index is -0.458. The molecule has 0 fully saturated rings. The Morgan fingerprint density at radius 1 is 1.13 bits per heavy atom. The van der Waals surface area contributed by atoms with Crippen LogP contribution < -0.4 is 16.0 Å². The third-order valence-electron chi connectivity index (χ3n) is 2.93. The van der Waals surface area contributed by atoms with Crippen molar-refractivity contribution in [2.45, 2.75) is 13.3 Å². The molecule has 0 saturated carbocycles. The number of amides is 2. The Kier molecular flexibility index (Phi) is 5.87. The number of nitrogens with one attached hydrogen (secondary N) is 3. The van der Waals surface area contributed by atoms with Gasteiger partial charge in [-0.3, -0.25) is 14.9 Å². The number of benzene rings is 1. The largest absolute Gasteiger partial charge is 0.459 e. The third kappa shape index (κ3) is 4.65. The lowest BCUT2D eigenvalue weighted by molar-refractivity contribution is 0.0945. The molecule has 1 aromatic heterocycles. The first kappa shape index (κ1) is 16.7. The fourth-order valence-corrected chi connectivity index (χ4v) is 2.05. The summed E-state index contributed by atoms with van der Waals surface area (Å²) >= 11 is 5.10. The van der Waals surface area contributed by atoms with Gasteiger partial charge in [-0.2, -0.15) is 0 Å². The summed E-state index contributed by atoms with van der Waals surface area (Å²) in [6.07, 6.45) is 2.25. The number of hydrogen-bond acceptors (Lipinski definition) is 4. The van der Waals surface area contributed by atoms with Gasteiger partial charge in [-0.1, -0.05) is 19.1 Å². The molecule has 2 amide bonds. The number of furan rings is 1. The van der Waals surface area contributed by atoms with Crippen LogP contribution in [0.2, 0.25) is 0 Å². The van der Waals surface area contributed by atoms with Crippen molar-refractivity contribution in [2.24, 2.45) is 0 Å². The first-order valence-electron chi connectivity index (χ1n) is 7.15. The quantitative estimate of drug-likeness (QED) is 0.733. The molecule has 120 valence electrons. The standard InChI is InChI=1S/C16H17N3O3S/c1-2-9-17-14(20)11-6-3-4-7-12(11)18-16(23)19-15(21)13-8-5-10-22-13/h3-8,10H,2,9H2,1H3,(H,17,20)(H2,18,19,21,23). The second kappa shape index (κ2) is 8.09. The second-order valence-electron chi connectivity index (χ2n) is 4.69. The van der Waals surface area contributed by atoms with Gasteiger partial charge in [0.15, 0.2) is 10.9 Å². The highest BCUT2D eigenvalue weighted by Crippen LogP contribution is 2.15. The number of carbonyl (C=O) groups is 2. The average molecular weight is 331 g/mol. The number of anilines is 1.